The molecule has 0 spiro atoms. The van der Waals surface area contributed by atoms with Crippen molar-refractivity contribution in [3.05, 3.63) is 65.2 Å². The number of rotatable bonds is 4. The Morgan fingerprint density at radius 2 is 1.75 bits per heavy atom. The molecule has 0 radical (unpaired) electrons. The summed E-state index contributed by atoms with van der Waals surface area (Å²) in [4.78, 5) is 7.55. The van der Waals surface area contributed by atoms with Crippen LogP contribution in [0.1, 0.15) is 48.7 Å². The van der Waals surface area contributed by atoms with Gasteiger partial charge in [0.2, 0.25) is 0 Å². The molecule has 124 valence electrons. The van der Waals surface area contributed by atoms with Crippen molar-refractivity contribution in [2.45, 2.75) is 38.1 Å². The molecule has 1 aliphatic rings. The molecule has 2 heterocycles. The largest absolute Gasteiger partial charge is 0.296 e. The average molecular weight is 337 g/mol. The maximum absolute atomic E-state index is 4.88. The van der Waals surface area contributed by atoms with Gasteiger partial charge in [-0.25, -0.2) is 4.98 Å². The van der Waals surface area contributed by atoms with Crippen LogP contribution in [0.5, 0.6) is 0 Å². The van der Waals surface area contributed by atoms with Crippen molar-refractivity contribution in [1.29, 1.82) is 0 Å². The van der Waals surface area contributed by atoms with E-state index < -0.39 is 0 Å². The smallest absolute Gasteiger partial charge is 0.0970 e. The molecule has 0 aliphatic carbocycles. The van der Waals surface area contributed by atoms with E-state index in [4.69, 9.17) is 4.98 Å². The van der Waals surface area contributed by atoms with Crippen molar-refractivity contribution in [1.82, 2.24) is 9.88 Å². The number of aromatic nitrogens is 1. The molecule has 1 aliphatic heterocycles. The van der Waals surface area contributed by atoms with Gasteiger partial charge in [0, 0.05) is 12.0 Å². The molecule has 4 rings (SSSR count). The van der Waals surface area contributed by atoms with E-state index in [1.54, 1.807) is 0 Å². The SMILES string of the molecule is CCC(c1ccccc1)N1CCC(c2nc3ccccc3s2)CC1. The van der Waals surface area contributed by atoms with E-state index in [1.807, 2.05) is 11.3 Å². The van der Waals surface area contributed by atoms with Crippen molar-refractivity contribution in [3.8, 4) is 0 Å². The highest BCUT2D eigenvalue weighted by Crippen LogP contribution is 2.36. The fourth-order valence-electron chi connectivity index (χ4n) is 3.90. The number of benzene rings is 2. The average Bonchev–Trinajstić information content (AvgIpc) is 3.08. The summed E-state index contributed by atoms with van der Waals surface area (Å²) in [6, 6.07) is 20.0. The molecule has 0 N–H and O–H groups in total. The molecule has 2 nitrogen and oxygen atoms in total. The quantitative estimate of drug-likeness (QED) is 0.614. The standard InChI is InChI=1S/C21H24N2S/c1-2-19(16-8-4-3-5-9-16)23-14-12-17(13-15-23)21-22-18-10-6-7-11-20(18)24-21/h3-11,17,19H,2,12-15H2,1H3. The van der Waals surface area contributed by atoms with E-state index in [2.05, 4.69) is 66.4 Å². The topological polar surface area (TPSA) is 16.1 Å². The summed E-state index contributed by atoms with van der Waals surface area (Å²) in [5.41, 5.74) is 2.62. The van der Waals surface area contributed by atoms with Gasteiger partial charge in [-0.1, -0.05) is 49.4 Å². The van der Waals surface area contributed by atoms with Crippen LogP contribution in [-0.2, 0) is 0 Å². The van der Waals surface area contributed by atoms with Crippen LogP contribution in [0.3, 0.4) is 0 Å². The Bertz CT molecular complexity index is 755. The van der Waals surface area contributed by atoms with E-state index in [0.717, 1.165) is 5.52 Å². The molecule has 3 aromatic rings. The highest BCUT2D eigenvalue weighted by molar-refractivity contribution is 7.18. The summed E-state index contributed by atoms with van der Waals surface area (Å²) in [7, 11) is 0. The Kier molecular flexibility index (Phi) is 4.63. The van der Waals surface area contributed by atoms with Crippen LogP contribution >= 0.6 is 11.3 Å². The minimum absolute atomic E-state index is 0.558. The van der Waals surface area contributed by atoms with Crippen LogP contribution in [0, 0.1) is 0 Å². The van der Waals surface area contributed by atoms with Crippen molar-refractivity contribution < 1.29 is 0 Å². The van der Waals surface area contributed by atoms with Crippen molar-refractivity contribution in [2.24, 2.45) is 0 Å². The van der Waals surface area contributed by atoms with E-state index >= 15 is 0 Å². The summed E-state index contributed by atoms with van der Waals surface area (Å²) in [6.45, 7) is 4.65. The van der Waals surface area contributed by atoms with Gasteiger partial charge in [-0.15, -0.1) is 11.3 Å². The van der Waals surface area contributed by atoms with Crippen LogP contribution in [-0.4, -0.2) is 23.0 Å². The Morgan fingerprint density at radius 1 is 1.04 bits per heavy atom. The molecule has 0 amide bonds. The molecule has 24 heavy (non-hydrogen) atoms. The number of fused-ring (bicyclic) bond motifs is 1. The highest BCUT2D eigenvalue weighted by Gasteiger charge is 2.27. The minimum Gasteiger partial charge on any atom is -0.296 e. The Balaban J connectivity index is 1.46. The zero-order chi connectivity index (χ0) is 16.4. The lowest BCUT2D eigenvalue weighted by Gasteiger charge is -2.37. The molecule has 1 unspecified atom stereocenters. The Morgan fingerprint density at radius 3 is 2.46 bits per heavy atom. The normalized spacial score (nSPS) is 18.0. The van der Waals surface area contributed by atoms with Gasteiger partial charge >= 0.3 is 0 Å². The second kappa shape index (κ2) is 7.04. The monoisotopic (exact) mass is 336 g/mol. The van der Waals surface area contributed by atoms with Crippen molar-refractivity contribution >= 4 is 21.6 Å². The van der Waals surface area contributed by atoms with Crippen LogP contribution in [0.25, 0.3) is 10.2 Å². The molecule has 1 fully saturated rings. The summed E-state index contributed by atoms with van der Waals surface area (Å²) in [5, 5.41) is 1.34. The number of nitrogens with zero attached hydrogens (tertiary/aromatic N) is 2. The van der Waals surface area contributed by atoms with Crippen molar-refractivity contribution in [3.63, 3.8) is 0 Å². The molecule has 1 aromatic heterocycles. The van der Waals surface area contributed by atoms with Crippen LogP contribution < -0.4 is 0 Å². The van der Waals surface area contributed by atoms with E-state index in [9.17, 15) is 0 Å². The summed E-state index contributed by atoms with van der Waals surface area (Å²) >= 11 is 1.89. The Labute approximate surface area is 148 Å². The number of likely N-dealkylation sites (tertiary alicyclic amines) is 1. The lowest BCUT2D eigenvalue weighted by molar-refractivity contribution is 0.148. The van der Waals surface area contributed by atoms with Gasteiger partial charge in [-0.2, -0.15) is 0 Å². The van der Waals surface area contributed by atoms with Crippen LogP contribution in [0.4, 0.5) is 0 Å². The highest BCUT2D eigenvalue weighted by atomic mass is 32.1. The summed E-state index contributed by atoms with van der Waals surface area (Å²) in [5.74, 6) is 0.631. The first-order valence-electron chi connectivity index (χ1n) is 8.99. The molecule has 2 aromatic carbocycles. The van der Waals surface area contributed by atoms with Crippen molar-refractivity contribution in [2.75, 3.05) is 13.1 Å². The van der Waals surface area contributed by atoms with E-state index in [1.165, 1.54) is 47.6 Å². The van der Waals surface area contributed by atoms with E-state index in [0.29, 0.717) is 12.0 Å². The number of hydrogen-bond donors (Lipinski definition) is 0. The van der Waals surface area contributed by atoms with Gasteiger partial charge < -0.3 is 0 Å². The Hall–Kier alpha value is -1.71. The predicted octanol–water partition coefficient (Wildman–Crippen LogP) is 5.63. The predicted molar refractivity (Wildman–Crippen MR) is 103 cm³/mol. The van der Waals surface area contributed by atoms with Gasteiger partial charge in [0.25, 0.3) is 0 Å². The molecule has 3 heteroatoms. The number of para-hydroxylation sites is 1. The van der Waals surface area contributed by atoms with Gasteiger partial charge in [-0.05, 0) is 50.0 Å². The van der Waals surface area contributed by atoms with Gasteiger partial charge in [0.15, 0.2) is 0 Å². The third-order valence-electron chi connectivity index (χ3n) is 5.20. The second-order valence-corrected chi connectivity index (χ2v) is 7.73. The molecule has 1 atom stereocenters. The van der Waals surface area contributed by atoms with E-state index in [-0.39, 0.29) is 0 Å². The second-order valence-electron chi connectivity index (χ2n) is 6.66. The van der Waals surface area contributed by atoms with Gasteiger partial charge in [0.1, 0.15) is 0 Å². The molecule has 0 bridgehead atoms. The van der Waals surface area contributed by atoms with Crippen LogP contribution in [0.2, 0.25) is 0 Å². The summed E-state index contributed by atoms with van der Waals surface area (Å²) < 4.78 is 1.32. The number of thiazole rings is 1. The zero-order valence-corrected chi connectivity index (χ0v) is 15.0. The maximum atomic E-state index is 4.88. The maximum Gasteiger partial charge on any atom is 0.0970 e. The van der Waals surface area contributed by atoms with Crippen LogP contribution in [0.15, 0.2) is 54.6 Å². The number of piperidine rings is 1. The fraction of sp³-hybridized carbons (Fsp3) is 0.381. The molecule has 1 saturated heterocycles. The third kappa shape index (κ3) is 3.11. The van der Waals surface area contributed by atoms with Gasteiger partial charge in [0.05, 0.1) is 15.2 Å². The van der Waals surface area contributed by atoms with Gasteiger partial charge in [-0.3, -0.25) is 4.90 Å². The minimum atomic E-state index is 0.558. The fourth-order valence-corrected chi connectivity index (χ4v) is 5.04. The number of hydrogen-bond acceptors (Lipinski definition) is 3. The first kappa shape index (κ1) is 15.8. The first-order valence-corrected chi connectivity index (χ1v) is 9.81. The molecule has 0 saturated carbocycles. The lowest BCUT2D eigenvalue weighted by atomic mass is 9.94. The summed E-state index contributed by atoms with van der Waals surface area (Å²) in [6.07, 6.45) is 3.63. The first-order chi connectivity index (χ1) is 11.8. The zero-order valence-electron chi connectivity index (χ0n) is 14.2. The molecular weight excluding hydrogens is 312 g/mol. The third-order valence-corrected chi connectivity index (χ3v) is 6.40. The lowest BCUT2D eigenvalue weighted by Crippen LogP contribution is -2.36. The molecular formula is C21H24N2S.